The smallest absolute Gasteiger partial charge is 0.00489 e. The van der Waals surface area contributed by atoms with Crippen molar-refractivity contribution >= 4 is 0 Å². The Balaban J connectivity index is 4.20. The SMILES string of the molecule is CCCCCCCCCCCCCC(CCCCCCCCCCCCC)CCCCCCCCCNCCCCC(CCCCCCCCCCCCC)CCCCCCCCCCCCC. The fourth-order valence-corrected chi connectivity index (χ4v) is 11.6. The highest BCUT2D eigenvalue weighted by Gasteiger charge is 2.11. The molecule has 0 spiro atoms. The third-order valence-corrected chi connectivity index (χ3v) is 16.5. The lowest BCUT2D eigenvalue weighted by molar-refractivity contribution is 0.364. The largest absolute Gasteiger partial charge is 0.317 e. The van der Waals surface area contributed by atoms with Crippen molar-refractivity contribution in [2.45, 2.75) is 407 Å². The van der Waals surface area contributed by atoms with Crippen LogP contribution in [-0.4, -0.2) is 13.1 Å². The molecular weight excluding hydrogens is 819 g/mol. The molecule has 0 heterocycles. The number of rotatable bonds is 63. The molecule has 1 N–H and O–H groups in total. The molecule has 1 heteroatoms. The number of hydrogen-bond acceptors (Lipinski definition) is 1. The maximum atomic E-state index is 3.85. The number of unbranched alkanes of at least 4 members (excludes halogenated alkanes) is 47. The summed E-state index contributed by atoms with van der Waals surface area (Å²) in [4.78, 5) is 0. The van der Waals surface area contributed by atoms with Crippen molar-refractivity contribution in [3.05, 3.63) is 0 Å². The lowest BCUT2D eigenvalue weighted by Crippen LogP contribution is -2.16. The second-order valence-corrected chi connectivity index (χ2v) is 23.5. The molecule has 0 aromatic rings. The molecule has 68 heavy (non-hydrogen) atoms. The molecule has 1 nitrogen and oxygen atoms in total. The second kappa shape index (κ2) is 63.1. The first-order valence-electron chi connectivity index (χ1n) is 33.5. The van der Waals surface area contributed by atoms with Crippen molar-refractivity contribution in [2.24, 2.45) is 11.8 Å². The van der Waals surface area contributed by atoms with Crippen molar-refractivity contribution in [1.82, 2.24) is 5.32 Å². The van der Waals surface area contributed by atoms with Gasteiger partial charge in [-0.1, -0.05) is 394 Å². The Morgan fingerprint density at radius 2 is 0.294 bits per heavy atom. The molecule has 0 aliphatic heterocycles. The molecule has 0 saturated heterocycles. The van der Waals surface area contributed by atoms with Crippen molar-refractivity contribution in [1.29, 1.82) is 0 Å². The molecule has 0 aromatic carbocycles. The van der Waals surface area contributed by atoms with E-state index in [4.69, 9.17) is 0 Å². The van der Waals surface area contributed by atoms with Gasteiger partial charge in [0.05, 0.1) is 0 Å². The van der Waals surface area contributed by atoms with E-state index in [0.29, 0.717) is 0 Å². The van der Waals surface area contributed by atoms with Crippen LogP contribution in [0.2, 0.25) is 0 Å². The molecule has 0 bridgehead atoms. The summed E-state index contributed by atoms with van der Waals surface area (Å²) in [5.41, 5.74) is 0. The van der Waals surface area contributed by atoms with Gasteiger partial charge >= 0.3 is 0 Å². The lowest BCUT2D eigenvalue weighted by Gasteiger charge is -2.17. The summed E-state index contributed by atoms with van der Waals surface area (Å²) >= 11 is 0. The van der Waals surface area contributed by atoms with Crippen LogP contribution in [0.25, 0.3) is 0 Å². The number of hydrogen-bond donors (Lipinski definition) is 1. The molecule has 410 valence electrons. The average Bonchev–Trinajstić information content (AvgIpc) is 3.35. The van der Waals surface area contributed by atoms with Crippen LogP contribution in [0, 0.1) is 11.8 Å². The Labute approximate surface area is 434 Å². The van der Waals surface area contributed by atoms with E-state index in [1.165, 1.54) is 392 Å². The van der Waals surface area contributed by atoms with Crippen LogP contribution in [-0.2, 0) is 0 Å². The third-order valence-electron chi connectivity index (χ3n) is 16.5. The lowest BCUT2D eigenvalue weighted by atomic mass is 9.89. The predicted molar refractivity (Wildman–Crippen MR) is 315 cm³/mol. The zero-order valence-electron chi connectivity index (χ0n) is 48.8. The van der Waals surface area contributed by atoms with Gasteiger partial charge in [0.1, 0.15) is 0 Å². The minimum absolute atomic E-state index is 1.00. The van der Waals surface area contributed by atoms with Gasteiger partial charge in [-0.15, -0.1) is 0 Å². The minimum atomic E-state index is 1.00. The molecule has 0 aliphatic rings. The van der Waals surface area contributed by atoms with E-state index in [1.807, 2.05) is 0 Å². The summed E-state index contributed by atoms with van der Waals surface area (Å²) in [7, 11) is 0. The van der Waals surface area contributed by atoms with E-state index >= 15 is 0 Å². The zero-order valence-corrected chi connectivity index (χ0v) is 48.8. The van der Waals surface area contributed by atoms with Crippen LogP contribution in [0.15, 0.2) is 0 Å². The van der Waals surface area contributed by atoms with Gasteiger partial charge in [-0.3, -0.25) is 0 Å². The van der Waals surface area contributed by atoms with Crippen LogP contribution in [0.1, 0.15) is 407 Å². The summed E-state index contributed by atoms with van der Waals surface area (Å²) in [6, 6.07) is 0. The highest BCUT2D eigenvalue weighted by Crippen LogP contribution is 2.27. The highest BCUT2D eigenvalue weighted by molar-refractivity contribution is 4.65. The molecule has 0 radical (unpaired) electrons. The summed E-state index contributed by atoms with van der Waals surface area (Å²) in [6.45, 7) is 11.8. The van der Waals surface area contributed by atoms with Crippen LogP contribution in [0.3, 0.4) is 0 Å². The van der Waals surface area contributed by atoms with Crippen molar-refractivity contribution in [3.63, 3.8) is 0 Å². The first-order chi connectivity index (χ1) is 33.8. The van der Waals surface area contributed by atoms with Crippen LogP contribution < -0.4 is 5.32 Å². The Morgan fingerprint density at radius 3 is 0.485 bits per heavy atom. The summed E-state index contributed by atoms with van der Waals surface area (Å²) < 4.78 is 0. The van der Waals surface area contributed by atoms with Gasteiger partial charge in [0, 0.05) is 0 Å². The fraction of sp³-hybridized carbons (Fsp3) is 1.00. The van der Waals surface area contributed by atoms with E-state index < -0.39 is 0 Å². The maximum Gasteiger partial charge on any atom is -0.00489 e. The first-order valence-corrected chi connectivity index (χ1v) is 33.5. The quantitative estimate of drug-likeness (QED) is 0.0599. The Hall–Kier alpha value is -0.0400. The van der Waals surface area contributed by atoms with E-state index in [1.54, 1.807) is 0 Å². The molecule has 0 amide bonds. The van der Waals surface area contributed by atoms with Gasteiger partial charge in [0.15, 0.2) is 0 Å². The maximum absolute atomic E-state index is 3.85. The van der Waals surface area contributed by atoms with E-state index in [-0.39, 0.29) is 0 Å². The third kappa shape index (κ3) is 58.5. The summed E-state index contributed by atoms with van der Waals surface area (Å²) in [5.74, 6) is 2.02. The van der Waals surface area contributed by atoms with Gasteiger partial charge < -0.3 is 5.32 Å². The van der Waals surface area contributed by atoms with E-state index in [0.717, 1.165) is 11.8 Å². The van der Waals surface area contributed by atoms with Crippen molar-refractivity contribution in [2.75, 3.05) is 13.1 Å². The topological polar surface area (TPSA) is 12.0 Å². The highest BCUT2D eigenvalue weighted by atomic mass is 14.8. The molecule has 0 atom stereocenters. The Morgan fingerprint density at radius 1 is 0.162 bits per heavy atom. The van der Waals surface area contributed by atoms with E-state index in [9.17, 15) is 0 Å². The van der Waals surface area contributed by atoms with Gasteiger partial charge in [-0.2, -0.15) is 0 Å². The number of nitrogens with one attached hydrogen (secondary N) is 1. The molecule has 0 saturated carbocycles. The van der Waals surface area contributed by atoms with Gasteiger partial charge in [0.25, 0.3) is 0 Å². The molecule has 0 fully saturated rings. The van der Waals surface area contributed by atoms with Crippen molar-refractivity contribution in [3.8, 4) is 0 Å². The normalized spacial score (nSPS) is 11.9. The van der Waals surface area contributed by atoms with Crippen LogP contribution in [0.5, 0.6) is 0 Å². The van der Waals surface area contributed by atoms with Crippen LogP contribution in [0.4, 0.5) is 0 Å². The van der Waals surface area contributed by atoms with Crippen LogP contribution >= 0.6 is 0 Å². The van der Waals surface area contributed by atoms with Crippen molar-refractivity contribution < 1.29 is 0 Å². The van der Waals surface area contributed by atoms with Gasteiger partial charge in [-0.05, 0) is 37.8 Å². The standard InChI is InChI=1S/C67H137N/c1-5-9-13-17-21-25-29-33-38-44-50-58-66(59-51-45-39-34-30-26-22-18-14-10-6-2)60-52-48-42-37-43-49-56-64-68-65-57-55-63-67(61-53-46-40-35-31-27-23-19-15-11-7-3)62-54-47-41-36-32-28-24-20-16-12-8-4/h66-68H,5-65H2,1-4H3. The minimum Gasteiger partial charge on any atom is -0.317 e. The monoisotopic (exact) mass is 956 g/mol. The van der Waals surface area contributed by atoms with Gasteiger partial charge in [0.2, 0.25) is 0 Å². The first kappa shape index (κ1) is 68.0. The summed E-state index contributed by atoms with van der Waals surface area (Å²) in [6.07, 6.45) is 87.0. The average molecular weight is 957 g/mol. The fourth-order valence-electron chi connectivity index (χ4n) is 11.6. The Kier molecular flexibility index (Phi) is 63.0. The molecule has 0 unspecified atom stereocenters. The predicted octanol–water partition coefficient (Wildman–Crippen LogP) is 24.9. The second-order valence-electron chi connectivity index (χ2n) is 23.5. The molecule has 0 aromatic heterocycles. The Bertz CT molecular complexity index is 715. The summed E-state index contributed by atoms with van der Waals surface area (Å²) in [5, 5.41) is 3.85. The molecule has 0 aliphatic carbocycles. The molecular formula is C67H137N. The van der Waals surface area contributed by atoms with E-state index in [2.05, 4.69) is 33.0 Å². The molecule has 0 rings (SSSR count). The van der Waals surface area contributed by atoms with Gasteiger partial charge in [-0.25, -0.2) is 0 Å². The zero-order chi connectivity index (χ0) is 49.0.